The summed E-state index contributed by atoms with van der Waals surface area (Å²) in [6, 6.07) is 6.17. The third kappa shape index (κ3) is 2.89. The summed E-state index contributed by atoms with van der Waals surface area (Å²) < 4.78 is 10.8. The van der Waals surface area contributed by atoms with Gasteiger partial charge in [-0.25, -0.2) is 0 Å². The lowest BCUT2D eigenvalue weighted by Crippen LogP contribution is -2.42. The fourth-order valence-electron chi connectivity index (χ4n) is 2.69. The SMILES string of the molecule is O=C(COc1ccc2c(c1)CCC2)N1CCOCC1. The van der Waals surface area contributed by atoms with E-state index in [1.54, 1.807) is 4.90 Å². The van der Waals surface area contributed by atoms with Crippen molar-refractivity contribution in [1.82, 2.24) is 4.90 Å². The van der Waals surface area contributed by atoms with Crippen LogP contribution < -0.4 is 4.74 Å². The van der Waals surface area contributed by atoms with Crippen molar-refractivity contribution in [3.8, 4) is 5.75 Å². The van der Waals surface area contributed by atoms with Gasteiger partial charge in [-0.1, -0.05) is 6.07 Å². The lowest BCUT2D eigenvalue weighted by atomic mass is 10.1. The number of fused-ring (bicyclic) bond motifs is 1. The molecule has 0 saturated carbocycles. The molecule has 1 fully saturated rings. The van der Waals surface area contributed by atoms with E-state index in [1.165, 1.54) is 24.0 Å². The number of carbonyl (C=O) groups excluding carboxylic acids is 1. The highest BCUT2D eigenvalue weighted by atomic mass is 16.5. The second-order valence-corrected chi connectivity index (χ2v) is 5.07. The topological polar surface area (TPSA) is 38.8 Å². The van der Waals surface area contributed by atoms with Gasteiger partial charge in [0.05, 0.1) is 13.2 Å². The van der Waals surface area contributed by atoms with Crippen LogP contribution in [0.2, 0.25) is 0 Å². The van der Waals surface area contributed by atoms with Crippen molar-refractivity contribution >= 4 is 5.91 Å². The molecule has 102 valence electrons. The molecule has 1 aromatic rings. The number of hydrogen-bond donors (Lipinski definition) is 0. The van der Waals surface area contributed by atoms with Crippen LogP contribution in [0.15, 0.2) is 18.2 Å². The minimum atomic E-state index is 0.0452. The number of benzene rings is 1. The van der Waals surface area contributed by atoms with Crippen molar-refractivity contribution in [2.24, 2.45) is 0 Å². The Balaban J connectivity index is 1.55. The lowest BCUT2D eigenvalue weighted by molar-refractivity contribution is -0.137. The molecular weight excluding hydrogens is 242 g/mol. The van der Waals surface area contributed by atoms with Gasteiger partial charge < -0.3 is 14.4 Å². The molecule has 19 heavy (non-hydrogen) atoms. The van der Waals surface area contributed by atoms with Gasteiger partial charge in [0.15, 0.2) is 6.61 Å². The molecule has 3 rings (SSSR count). The van der Waals surface area contributed by atoms with Crippen LogP contribution in [-0.4, -0.2) is 43.7 Å². The number of aryl methyl sites for hydroxylation is 2. The second-order valence-electron chi connectivity index (χ2n) is 5.07. The Bertz CT molecular complexity index is 466. The van der Waals surface area contributed by atoms with Crippen LogP contribution >= 0.6 is 0 Å². The standard InChI is InChI=1S/C15H19NO3/c17-15(16-6-8-18-9-7-16)11-19-14-5-4-12-2-1-3-13(12)10-14/h4-5,10H,1-3,6-9,11H2. The van der Waals surface area contributed by atoms with Crippen LogP contribution in [0.4, 0.5) is 0 Å². The molecule has 0 atom stereocenters. The molecule has 1 heterocycles. The summed E-state index contributed by atoms with van der Waals surface area (Å²) in [6.45, 7) is 2.73. The minimum absolute atomic E-state index is 0.0452. The number of ether oxygens (including phenoxy) is 2. The van der Waals surface area contributed by atoms with Crippen molar-refractivity contribution in [3.05, 3.63) is 29.3 Å². The number of carbonyl (C=O) groups is 1. The van der Waals surface area contributed by atoms with Crippen LogP contribution in [-0.2, 0) is 22.4 Å². The van der Waals surface area contributed by atoms with Gasteiger partial charge in [0.1, 0.15) is 5.75 Å². The van der Waals surface area contributed by atoms with Crippen LogP contribution in [0.5, 0.6) is 5.75 Å². The van der Waals surface area contributed by atoms with Gasteiger partial charge >= 0.3 is 0 Å². The number of morpholine rings is 1. The molecule has 1 aliphatic heterocycles. The number of rotatable bonds is 3. The lowest BCUT2D eigenvalue weighted by Gasteiger charge is -2.26. The van der Waals surface area contributed by atoms with Gasteiger partial charge in [-0.2, -0.15) is 0 Å². The first-order valence-electron chi connectivity index (χ1n) is 6.93. The zero-order chi connectivity index (χ0) is 13.1. The highest BCUT2D eigenvalue weighted by Gasteiger charge is 2.17. The van der Waals surface area contributed by atoms with Crippen LogP contribution in [0.1, 0.15) is 17.5 Å². The Kier molecular flexibility index (Phi) is 3.69. The first-order chi connectivity index (χ1) is 9.33. The average molecular weight is 261 g/mol. The smallest absolute Gasteiger partial charge is 0.260 e. The molecule has 1 aromatic carbocycles. The number of amides is 1. The quantitative estimate of drug-likeness (QED) is 0.826. The highest BCUT2D eigenvalue weighted by Crippen LogP contribution is 2.25. The first-order valence-corrected chi connectivity index (χ1v) is 6.93. The molecule has 1 saturated heterocycles. The first kappa shape index (κ1) is 12.5. The minimum Gasteiger partial charge on any atom is -0.484 e. The monoisotopic (exact) mass is 261 g/mol. The number of hydrogen-bond acceptors (Lipinski definition) is 3. The van der Waals surface area contributed by atoms with E-state index in [-0.39, 0.29) is 12.5 Å². The predicted octanol–water partition coefficient (Wildman–Crippen LogP) is 1.41. The van der Waals surface area contributed by atoms with Gasteiger partial charge in [-0.3, -0.25) is 4.79 Å². The molecular formula is C15H19NO3. The summed E-state index contributed by atoms with van der Waals surface area (Å²) in [5.41, 5.74) is 2.79. The molecule has 1 amide bonds. The largest absolute Gasteiger partial charge is 0.484 e. The van der Waals surface area contributed by atoms with Crippen LogP contribution in [0.3, 0.4) is 0 Å². The van der Waals surface area contributed by atoms with Gasteiger partial charge in [-0.05, 0) is 42.5 Å². The zero-order valence-corrected chi connectivity index (χ0v) is 11.1. The molecule has 0 N–H and O–H groups in total. The van der Waals surface area contributed by atoms with E-state index in [9.17, 15) is 4.79 Å². The fourth-order valence-corrected chi connectivity index (χ4v) is 2.69. The molecule has 0 bridgehead atoms. The summed E-state index contributed by atoms with van der Waals surface area (Å²) in [4.78, 5) is 13.8. The Morgan fingerprint density at radius 1 is 1.21 bits per heavy atom. The Labute approximate surface area is 113 Å². The third-order valence-electron chi connectivity index (χ3n) is 3.80. The Morgan fingerprint density at radius 2 is 2.00 bits per heavy atom. The van der Waals surface area contributed by atoms with Crippen molar-refractivity contribution in [2.75, 3.05) is 32.9 Å². The maximum absolute atomic E-state index is 12.0. The second kappa shape index (κ2) is 5.61. The summed E-state index contributed by atoms with van der Waals surface area (Å²) in [5, 5.41) is 0. The van der Waals surface area contributed by atoms with E-state index >= 15 is 0 Å². The summed E-state index contributed by atoms with van der Waals surface area (Å²) in [7, 11) is 0. The van der Waals surface area contributed by atoms with Crippen molar-refractivity contribution in [1.29, 1.82) is 0 Å². The third-order valence-corrected chi connectivity index (χ3v) is 3.80. The molecule has 0 spiro atoms. The van der Waals surface area contributed by atoms with E-state index < -0.39 is 0 Å². The Morgan fingerprint density at radius 3 is 2.84 bits per heavy atom. The fraction of sp³-hybridized carbons (Fsp3) is 0.533. The molecule has 0 unspecified atom stereocenters. The van der Waals surface area contributed by atoms with Crippen molar-refractivity contribution in [2.45, 2.75) is 19.3 Å². The van der Waals surface area contributed by atoms with Crippen molar-refractivity contribution < 1.29 is 14.3 Å². The highest BCUT2D eigenvalue weighted by molar-refractivity contribution is 5.77. The molecule has 4 nitrogen and oxygen atoms in total. The molecule has 0 aromatic heterocycles. The summed E-state index contributed by atoms with van der Waals surface area (Å²) >= 11 is 0. The van der Waals surface area contributed by atoms with E-state index in [0.29, 0.717) is 26.3 Å². The maximum Gasteiger partial charge on any atom is 0.260 e. The molecule has 2 aliphatic rings. The normalized spacial score (nSPS) is 18.2. The van der Waals surface area contributed by atoms with E-state index in [2.05, 4.69) is 12.1 Å². The maximum atomic E-state index is 12.0. The molecule has 0 radical (unpaired) electrons. The van der Waals surface area contributed by atoms with E-state index in [1.807, 2.05) is 6.07 Å². The molecule has 1 aliphatic carbocycles. The Hall–Kier alpha value is -1.55. The van der Waals surface area contributed by atoms with E-state index in [4.69, 9.17) is 9.47 Å². The van der Waals surface area contributed by atoms with E-state index in [0.717, 1.165) is 12.2 Å². The van der Waals surface area contributed by atoms with Gasteiger partial charge in [0, 0.05) is 13.1 Å². The zero-order valence-electron chi connectivity index (χ0n) is 11.1. The summed E-state index contributed by atoms with van der Waals surface area (Å²) in [6.07, 6.45) is 3.53. The van der Waals surface area contributed by atoms with Gasteiger partial charge in [0.25, 0.3) is 5.91 Å². The van der Waals surface area contributed by atoms with Crippen LogP contribution in [0, 0.1) is 0 Å². The molecule has 4 heteroatoms. The average Bonchev–Trinajstić information content (AvgIpc) is 2.93. The predicted molar refractivity (Wildman–Crippen MR) is 71.4 cm³/mol. The van der Waals surface area contributed by atoms with Crippen LogP contribution in [0.25, 0.3) is 0 Å². The summed E-state index contributed by atoms with van der Waals surface area (Å²) in [5.74, 6) is 0.853. The van der Waals surface area contributed by atoms with Crippen molar-refractivity contribution in [3.63, 3.8) is 0 Å². The number of nitrogens with zero attached hydrogens (tertiary/aromatic N) is 1. The van der Waals surface area contributed by atoms with Gasteiger partial charge in [-0.15, -0.1) is 0 Å². The van der Waals surface area contributed by atoms with Gasteiger partial charge in [0.2, 0.25) is 0 Å².